The van der Waals surface area contributed by atoms with Gasteiger partial charge in [0, 0.05) is 16.2 Å². The molecule has 14 heavy (non-hydrogen) atoms. The van der Waals surface area contributed by atoms with Crippen molar-refractivity contribution in [2.45, 2.75) is 4.90 Å². The average molecular weight is 200 g/mol. The summed E-state index contributed by atoms with van der Waals surface area (Å²) >= 11 is 4.38. The summed E-state index contributed by atoms with van der Waals surface area (Å²) in [5.41, 5.74) is 2.74. The van der Waals surface area contributed by atoms with Crippen LogP contribution in [0.3, 0.4) is 0 Å². The highest BCUT2D eigenvalue weighted by atomic mass is 32.1. The third kappa shape index (κ3) is 1.80. The van der Waals surface area contributed by atoms with Crippen LogP contribution in [0.4, 0.5) is 0 Å². The molecule has 0 saturated carbocycles. The van der Waals surface area contributed by atoms with Gasteiger partial charge in [0.2, 0.25) is 0 Å². The molecule has 1 aromatic heterocycles. The van der Waals surface area contributed by atoms with E-state index in [-0.39, 0.29) is 0 Å². The number of thiol groups is 1. The number of hydrogen-bond acceptors (Lipinski definition) is 2. The van der Waals surface area contributed by atoms with E-state index < -0.39 is 0 Å². The van der Waals surface area contributed by atoms with Crippen molar-refractivity contribution in [2.24, 2.45) is 0 Å². The van der Waals surface area contributed by atoms with Crippen LogP contribution in [0.1, 0.15) is 5.69 Å². The summed E-state index contributed by atoms with van der Waals surface area (Å²) in [5.74, 6) is 0. The minimum absolute atomic E-state index is 0.777. The summed E-state index contributed by atoms with van der Waals surface area (Å²) in [6.07, 6.45) is 0. The van der Waals surface area contributed by atoms with Gasteiger partial charge < -0.3 is 0 Å². The van der Waals surface area contributed by atoms with Crippen molar-refractivity contribution in [3.8, 4) is 11.3 Å². The van der Waals surface area contributed by atoms with Gasteiger partial charge in [0.25, 0.3) is 0 Å². The lowest BCUT2D eigenvalue weighted by molar-refractivity contribution is 1.25. The fourth-order valence-electron chi connectivity index (χ4n) is 1.32. The molecule has 0 N–H and O–H groups in total. The minimum atomic E-state index is 0.777. The maximum atomic E-state index is 4.38. The Kier molecular flexibility index (Phi) is 2.55. The van der Waals surface area contributed by atoms with Crippen LogP contribution in [-0.4, -0.2) is 4.98 Å². The van der Waals surface area contributed by atoms with Crippen molar-refractivity contribution in [1.29, 1.82) is 0 Å². The van der Waals surface area contributed by atoms with Gasteiger partial charge in [-0.3, -0.25) is 4.98 Å². The lowest BCUT2D eigenvalue weighted by atomic mass is 10.1. The van der Waals surface area contributed by atoms with Gasteiger partial charge in [-0.2, -0.15) is 0 Å². The Balaban J connectivity index is 2.55. The third-order valence-corrected chi connectivity index (χ3v) is 2.38. The van der Waals surface area contributed by atoms with Crippen molar-refractivity contribution < 1.29 is 0 Å². The molecule has 1 aromatic carbocycles. The molecular weight excluding hydrogens is 190 g/mol. The van der Waals surface area contributed by atoms with Gasteiger partial charge in [-0.1, -0.05) is 24.3 Å². The first-order chi connectivity index (χ1) is 6.77. The van der Waals surface area contributed by atoms with Gasteiger partial charge in [0.05, 0.1) is 5.69 Å². The third-order valence-electron chi connectivity index (χ3n) is 1.99. The Morgan fingerprint density at radius 3 is 2.50 bits per heavy atom. The van der Waals surface area contributed by atoms with Crippen LogP contribution >= 0.6 is 12.6 Å². The zero-order valence-electron chi connectivity index (χ0n) is 7.64. The molecule has 0 aliphatic rings. The van der Waals surface area contributed by atoms with Crippen LogP contribution < -0.4 is 0 Å². The normalized spacial score (nSPS) is 10.1. The van der Waals surface area contributed by atoms with Gasteiger partial charge in [-0.15, -0.1) is 12.6 Å². The zero-order valence-corrected chi connectivity index (χ0v) is 8.54. The summed E-state index contributed by atoms with van der Waals surface area (Å²) in [7, 11) is 0. The molecule has 0 amide bonds. The molecule has 1 heterocycles. The highest BCUT2D eigenvalue weighted by Crippen LogP contribution is 2.24. The van der Waals surface area contributed by atoms with Gasteiger partial charge in [0.15, 0.2) is 0 Å². The summed E-state index contributed by atoms with van der Waals surface area (Å²) in [5, 5.41) is 0. The molecule has 0 fully saturated rings. The molecule has 0 atom stereocenters. The molecule has 2 heteroatoms. The monoisotopic (exact) mass is 200 g/mol. The fourth-order valence-corrected chi connectivity index (χ4v) is 1.59. The molecule has 2 aromatic rings. The van der Waals surface area contributed by atoms with Crippen molar-refractivity contribution in [3.05, 3.63) is 55.1 Å². The van der Waals surface area contributed by atoms with E-state index in [2.05, 4.69) is 24.5 Å². The van der Waals surface area contributed by atoms with Crippen LogP contribution in [0.2, 0.25) is 0 Å². The summed E-state index contributed by atoms with van der Waals surface area (Å²) in [6, 6.07) is 13.7. The van der Waals surface area contributed by atoms with E-state index in [1.807, 2.05) is 42.5 Å². The van der Waals surface area contributed by atoms with Crippen LogP contribution in [0.5, 0.6) is 0 Å². The van der Waals surface area contributed by atoms with E-state index in [0.717, 1.165) is 21.8 Å². The SMILES string of the molecule is [CH2]c1cccc(-c2ccccc2S)n1. The lowest BCUT2D eigenvalue weighted by Gasteiger charge is -2.04. The first-order valence-corrected chi connectivity index (χ1v) is 4.79. The van der Waals surface area contributed by atoms with Crippen LogP contribution in [-0.2, 0) is 0 Å². The van der Waals surface area contributed by atoms with Crippen molar-refractivity contribution in [1.82, 2.24) is 4.98 Å². The van der Waals surface area contributed by atoms with Gasteiger partial charge in [-0.25, -0.2) is 0 Å². The van der Waals surface area contributed by atoms with Crippen molar-refractivity contribution in [3.63, 3.8) is 0 Å². The Bertz CT molecular complexity index is 452. The largest absolute Gasteiger partial charge is 0.253 e. The van der Waals surface area contributed by atoms with E-state index in [0.29, 0.717) is 0 Å². The average Bonchev–Trinajstić information content (AvgIpc) is 2.18. The second-order valence-corrected chi connectivity index (χ2v) is 3.51. The highest BCUT2D eigenvalue weighted by Gasteiger charge is 2.01. The quantitative estimate of drug-likeness (QED) is 0.697. The molecule has 69 valence electrons. The van der Waals surface area contributed by atoms with E-state index in [1.165, 1.54) is 0 Å². The van der Waals surface area contributed by atoms with E-state index in [9.17, 15) is 0 Å². The Hall–Kier alpha value is -1.28. The molecule has 0 unspecified atom stereocenters. The maximum Gasteiger partial charge on any atom is 0.0716 e. The van der Waals surface area contributed by atoms with E-state index in [1.54, 1.807) is 0 Å². The predicted molar refractivity (Wildman–Crippen MR) is 61.4 cm³/mol. The Labute approximate surface area is 89.2 Å². The Morgan fingerprint density at radius 2 is 1.79 bits per heavy atom. The van der Waals surface area contributed by atoms with E-state index >= 15 is 0 Å². The van der Waals surface area contributed by atoms with Crippen LogP contribution in [0.15, 0.2) is 47.4 Å². The molecule has 1 nitrogen and oxygen atoms in total. The number of pyridine rings is 1. The molecule has 0 aliphatic heterocycles. The predicted octanol–water partition coefficient (Wildman–Crippen LogP) is 3.22. The number of aromatic nitrogens is 1. The van der Waals surface area contributed by atoms with Crippen molar-refractivity contribution >= 4 is 12.6 Å². The molecular formula is C12H10NS. The van der Waals surface area contributed by atoms with Crippen molar-refractivity contribution in [2.75, 3.05) is 0 Å². The number of rotatable bonds is 1. The minimum Gasteiger partial charge on any atom is -0.253 e. The van der Waals surface area contributed by atoms with Gasteiger partial charge >= 0.3 is 0 Å². The first-order valence-electron chi connectivity index (χ1n) is 4.35. The fraction of sp³-hybridized carbons (Fsp3) is 0. The molecule has 0 spiro atoms. The summed E-state index contributed by atoms with van der Waals surface area (Å²) in [6.45, 7) is 3.80. The standard InChI is InChI=1S/C12H10NS/c1-9-5-4-7-11(13-9)10-6-2-3-8-12(10)14/h2-8,14H,1H2. The smallest absolute Gasteiger partial charge is 0.0716 e. The topological polar surface area (TPSA) is 12.9 Å². The molecule has 2 rings (SSSR count). The van der Waals surface area contributed by atoms with Gasteiger partial charge in [-0.05, 0) is 25.1 Å². The second-order valence-electron chi connectivity index (χ2n) is 3.03. The number of benzene rings is 1. The van der Waals surface area contributed by atoms with Crippen LogP contribution in [0, 0.1) is 6.92 Å². The molecule has 0 aliphatic carbocycles. The maximum absolute atomic E-state index is 4.38. The molecule has 0 saturated heterocycles. The van der Waals surface area contributed by atoms with E-state index in [4.69, 9.17) is 0 Å². The molecule has 1 radical (unpaired) electrons. The second kappa shape index (κ2) is 3.84. The van der Waals surface area contributed by atoms with Gasteiger partial charge in [0.1, 0.15) is 0 Å². The molecule has 0 bridgehead atoms. The first kappa shape index (κ1) is 9.28. The number of nitrogens with zero attached hydrogens (tertiary/aromatic N) is 1. The lowest BCUT2D eigenvalue weighted by Crippen LogP contribution is -1.86. The number of hydrogen-bond donors (Lipinski definition) is 1. The van der Waals surface area contributed by atoms with Crippen LogP contribution in [0.25, 0.3) is 11.3 Å². The summed E-state index contributed by atoms with van der Waals surface area (Å²) < 4.78 is 0. The zero-order chi connectivity index (χ0) is 9.97. The highest BCUT2D eigenvalue weighted by molar-refractivity contribution is 7.80. The Morgan fingerprint density at radius 1 is 1.00 bits per heavy atom. The summed E-state index contributed by atoms with van der Waals surface area (Å²) in [4.78, 5) is 5.28.